The Balaban J connectivity index is 0.00000280. The summed E-state index contributed by atoms with van der Waals surface area (Å²) >= 11 is 6.01. The van der Waals surface area contributed by atoms with Gasteiger partial charge in [0.2, 0.25) is 0 Å². The van der Waals surface area contributed by atoms with Gasteiger partial charge in [0.05, 0.1) is 6.54 Å². The topological polar surface area (TPSA) is 70.1 Å². The molecule has 1 aliphatic rings. The molecular weight excluding hydrogens is 403 g/mol. The lowest BCUT2D eigenvalue weighted by Crippen LogP contribution is -2.57. The Morgan fingerprint density at radius 1 is 1.07 bits per heavy atom. The number of rotatable bonds is 5. The van der Waals surface area contributed by atoms with E-state index in [-0.39, 0.29) is 25.6 Å². The van der Waals surface area contributed by atoms with Crippen LogP contribution in [0.4, 0.5) is 4.79 Å². The SMILES string of the molecule is Cl.O=C(O)C1CN(C(=O)OCc2ccccc2)CCN1Cc1cccc(Cl)c1. The maximum atomic E-state index is 12.3. The van der Waals surface area contributed by atoms with Gasteiger partial charge in [-0.3, -0.25) is 9.69 Å². The number of halogens is 2. The van der Waals surface area contributed by atoms with Crippen molar-refractivity contribution in [2.75, 3.05) is 19.6 Å². The number of carboxylic acid groups (broad SMARTS) is 1. The van der Waals surface area contributed by atoms with Gasteiger partial charge in [0.25, 0.3) is 0 Å². The highest BCUT2D eigenvalue weighted by atomic mass is 35.5. The van der Waals surface area contributed by atoms with E-state index >= 15 is 0 Å². The van der Waals surface area contributed by atoms with Gasteiger partial charge in [-0.25, -0.2) is 4.79 Å². The number of carbonyl (C=O) groups excluding carboxylic acids is 1. The molecule has 1 aliphatic heterocycles. The fraction of sp³-hybridized carbons (Fsp3) is 0.300. The molecule has 0 saturated carbocycles. The lowest BCUT2D eigenvalue weighted by Gasteiger charge is -2.38. The van der Waals surface area contributed by atoms with Crippen LogP contribution in [0.15, 0.2) is 54.6 Å². The van der Waals surface area contributed by atoms with Gasteiger partial charge in [0.15, 0.2) is 0 Å². The summed E-state index contributed by atoms with van der Waals surface area (Å²) in [5.74, 6) is -0.961. The minimum Gasteiger partial charge on any atom is -0.480 e. The number of piperazine rings is 1. The van der Waals surface area contributed by atoms with E-state index in [0.717, 1.165) is 11.1 Å². The molecule has 0 spiro atoms. The minimum absolute atomic E-state index is 0. The molecule has 28 heavy (non-hydrogen) atoms. The average Bonchev–Trinajstić information content (AvgIpc) is 2.67. The molecule has 1 unspecified atom stereocenters. The second kappa shape index (κ2) is 10.3. The number of benzene rings is 2. The molecule has 0 aromatic heterocycles. The van der Waals surface area contributed by atoms with Crippen LogP contribution in [0.3, 0.4) is 0 Å². The number of carbonyl (C=O) groups is 2. The molecule has 0 bridgehead atoms. The first-order valence-electron chi connectivity index (χ1n) is 8.70. The molecule has 8 heteroatoms. The summed E-state index contributed by atoms with van der Waals surface area (Å²) in [5, 5.41) is 10.2. The molecule has 1 heterocycles. The van der Waals surface area contributed by atoms with Gasteiger partial charge in [-0.15, -0.1) is 12.4 Å². The third kappa shape index (κ3) is 5.86. The van der Waals surface area contributed by atoms with E-state index in [1.165, 1.54) is 4.90 Å². The van der Waals surface area contributed by atoms with E-state index in [2.05, 4.69) is 0 Å². The van der Waals surface area contributed by atoms with Gasteiger partial charge in [-0.05, 0) is 23.3 Å². The van der Waals surface area contributed by atoms with Crippen molar-refractivity contribution >= 4 is 36.1 Å². The zero-order chi connectivity index (χ0) is 19.2. The maximum Gasteiger partial charge on any atom is 0.410 e. The molecule has 2 aromatic rings. The third-order valence-corrected chi connectivity index (χ3v) is 4.75. The molecule has 2 aromatic carbocycles. The number of nitrogens with zero attached hydrogens (tertiary/aromatic N) is 2. The predicted molar refractivity (Wildman–Crippen MR) is 109 cm³/mol. The minimum atomic E-state index is -0.961. The van der Waals surface area contributed by atoms with Crippen LogP contribution in [0.5, 0.6) is 0 Å². The van der Waals surface area contributed by atoms with E-state index < -0.39 is 18.1 Å². The number of amides is 1. The van der Waals surface area contributed by atoms with Crippen LogP contribution in [0.2, 0.25) is 5.02 Å². The molecule has 3 rings (SSSR count). The fourth-order valence-electron chi connectivity index (χ4n) is 3.09. The number of carboxylic acids is 1. The molecule has 0 radical (unpaired) electrons. The Morgan fingerprint density at radius 2 is 1.79 bits per heavy atom. The van der Waals surface area contributed by atoms with Crippen molar-refractivity contribution in [3.05, 3.63) is 70.7 Å². The van der Waals surface area contributed by atoms with E-state index in [1.54, 1.807) is 6.07 Å². The summed E-state index contributed by atoms with van der Waals surface area (Å²) in [6.45, 7) is 1.58. The Labute approximate surface area is 175 Å². The van der Waals surface area contributed by atoms with E-state index in [0.29, 0.717) is 24.7 Å². The quantitative estimate of drug-likeness (QED) is 0.792. The Morgan fingerprint density at radius 3 is 2.46 bits per heavy atom. The van der Waals surface area contributed by atoms with Gasteiger partial charge in [-0.1, -0.05) is 54.1 Å². The molecule has 1 saturated heterocycles. The van der Waals surface area contributed by atoms with Crippen molar-refractivity contribution in [2.24, 2.45) is 0 Å². The fourth-order valence-corrected chi connectivity index (χ4v) is 3.30. The second-order valence-electron chi connectivity index (χ2n) is 6.44. The van der Waals surface area contributed by atoms with Crippen molar-refractivity contribution in [3.63, 3.8) is 0 Å². The molecule has 6 nitrogen and oxygen atoms in total. The number of hydrogen-bond donors (Lipinski definition) is 1. The molecule has 1 fully saturated rings. The summed E-state index contributed by atoms with van der Waals surface area (Å²) < 4.78 is 5.32. The van der Waals surface area contributed by atoms with E-state index in [1.807, 2.05) is 53.4 Å². The zero-order valence-corrected chi connectivity index (χ0v) is 16.7. The molecule has 0 aliphatic carbocycles. The smallest absolute Gasteiger partial charge is 0.410 e. The maximum absolute atomic E-state index is 12.3. The summed E-state index contributed by atoms with van der Waals surface area (Å²) in [7, 11) is 0. The first-order valence-corrected chi connectivity index (χ1v) is 9.07. The van der Waals surface area contributed by atoms with Crippen molar-refractivity contribution in [2.45, 2.75) is 19.2 Å². The van der Waals surface area contributed by atoms with Gasteiger partial charge >= 0.3 is 12.1 Å². The van der Waals surface area contributed by atoms with Gasteiger partial charge in [0, 0.05) is 24.7 Å². The molecular formula is C20H22Cl2N2O4. The lowest BCUT2D eigenvalue weighted by atomic mass is 10.1. The molecule has 150 valence electrons. The normalized spacial score (nSPS) is 16.9. The number of aliphatic carboxylic acids is 1. The van der Waals surface area contributed by atoms with Crippen LogP contribution in [0.25, 0.3) is 0 Å². The Hall–Kier alpha value is -2.28. The van der Waals surface area contributed by atoms with Crippen LogP contribution < -0.4 is 0 Å². The van der Waals surface area contributed by atoms with Crippen molar-refractivity contribution in [1.29, 1.82) is 0 Å². The highest BCUT2D eigenvalue weighted by molar-refractivity contribution is 6.30. The first kappa shape index (κ1) is 22.0. The monoisotopic (exact) mass is 424 g/mol. The predicted octanol–water partition coefficient (Wildman–Crippen LogP) is 3.67. The van der Waals surface area contributed by atoms with Crippen LogP contribution in [-0.4, -0.2) is 52.6 Å². The average molecular weight is 425 g/mol. The largest absolute Gasteiger partial charge is 0.480 e. The van der Waals surface area contributed by atoms with Gasteiger partial charge in [-0.2, -0.15) is 0 Å². The van der Waals surface area contributed by atoms with Crippen molar-refractivity contribution in [1.82, 2.24) is 9.80 Å². The summed E-state index contributed by atoms with van der Waals surface area (Å²) in [4.78, 5) is 27.3. The number of hydrogen-bond acceptors (Lipinski definition) is 4. The second-order valence-corrected chi connectivity index (χ2v) is 6.88. The Kier molecular flexibility index (Phi) is 8.11. The van der Waals surface area contributed by atoms with E-state index in [4.69, 9.17) is 16.3 Å². The van der Waals surface area contributed by atoms with Gasteiger partial charge < -0.3 is 14.7 Å². The Bertz CT molecular complexity index is 804. The highest BCUT2D eigenvalue weighted by Gasteiger charge is 2.34. The standard InChI is InChI=1S/C20H21ClN2O4.ClH/c21-17-8-4-7-16(11-17)12-22-9-10-23(13-18(22)19(24)25)20(26)27-14-15-5-2-1-3-6-15;/h1-8,11,18H,9-10,12-14H2,(H,24,25);1H. The first-order chi connectivity index (χ1) is 13.0. The van der Waals surface area contributed by atoms with E-state index in [9.17, 15) is 14.7 Å². The zero-order valence-electron chi connectivity index (χ0n) is 15.2. The van der Waals surface area contributed by atoms with Crippen LogP contribution in [0.1, 0.15) is 11.1 Å². The summed E-state index contributed by atoms with van der Waals surface area (Å²) in [6.07, 6.45) is -0.493. The van der Waals surface area contributed by atoms with Crippen LogP contribution in [0, 0.1) is 0 Å². The van der Waals surface area contributed by atoms with Gasteiger partial charge in [0.1, 0.15) is 12.6 Å². The molecule has 1 atom stereocenters. The highest BCUT2D eigenvalue weighted by Crippen LogP contribution is 2.18. The van der Waals surface area contributed by atoms with Crippen molar-refractivity contribution < 1.29 is 19.4 Å². The molecule has 1 N–H and O–H groups in total. The number of ether oxygens (including phenoxy) is 1. The molecule has 1 amide bonds. The summed E-state index contributed by atoms with van der Waals surface area (Å²) in [6, 6.07) is 15.9. The van der Waals surface area contributed by atoms with Crippen LogP contribution >= 0.6 is 24.0 Å². The summed E-state index contributed by atoms with van der Waals surface area (Å²) in [5.41, 5.74) is 1.83. The van der Waals surface area contributed by atoms with Crippen LogP contribution in [-0.2, 0) is 22.7 Å². The lowest BCUT2D eigenvalue weighted by molar-refractivity contribution is -0.145. The third-order valence-electron chi connectivity index (χ3n) is 4.51. The van der Waals surface area contributed by atoms with Crippen molar-refractivity contribution in [3.8, 4) is 0 Å².